The number of carbonyl (C=O) groups excluding carboxylic acids is 1. The minimum absolute atomic E-state index is 0.126. The Morgan fingerprint density at radius 1 is 1.30 bits per heavy atom. The van der Waals surface area contributed by atoms with E-state index in [1.54, 1.807) is 0 Å². The molecule has 1 aliphatic heterocycles. The second-order valence-electron chi connectivity index (χ2n) is 5.61. The first kappa shape index (κ1) is 14.9. The number of likely N-dealkylation sites (N-methyl/N-ethyl adjacent to an activating group) is 1. The molecule has 0 aromatic heterocycles. The van der Waals surface area contributed by atoms with Crippen LogP contribution in [0.25, 0.3) is 0 Å². The normalized spacial score (nSPS) is 17.9. The Balaban J connectivity index is 1.97. The maximum absolute atomic E-state index is 12.5. The zero-order valence-corrected chi connectivity index (χ0v) is 12.7. The second-order valence-corrected chi connectivity index (χ2v) is 5.61. The molecule has 110 valence electrons. The number of hydrogen-bond donors (Lipinski definition) is 1. The summed E-state index contributed by atoms with van der Waals surface area (Å²) in [5, 5.41) is 0. The van der Waals surface area contributed by atoms with Crippen LogP contribution in [0.5, 0.6) is 5.75 Å². The maximum atomic E-state index is 12.5. The molecular weight excluding hydrogens is 252 g/mol. The lowest BCUT2D eigenvalue weighted by molar-refractivity contribution is -0.883. The number of carbonyl (C=O) groups is 1. The number of piperazine rings is 1. The molecule has 0 aliphatic carbocycles. The van der Waals surface area contributed by atoms with Gasteiger partial charge in [0.1, 0.15) is 5.75 Å². The molecule has 1 saturated heterocycles. The third kappa shape index (κ3) is 3.73. The van der Waals surface area contributed by atoms with E-state index in [1.807, 2.05) is 43.0 Å². The lowest BCUT2D eigenvalue weighted by Crippen LogP contribution is -3.12. The maximum Gasteiger partial charge on any atom is 0.264 e. The van der Waals surface area contributed by atoms with Gasteiger partial charge in [0.05, 0.1) is 33.2 Å². The zero-order chi connectivity index (χ0) is 14.5. The van der Waals surface area contributed by atoms with Crippen molar-refractivity contribution < 1.29 is 14.4 Å². The Bertz CT molecular complexity index is 436. The van der Waals surface area contributed by atoms with E-state index < -0.39 is 0 Å². The Labute approximate surface area is 121 Å². The Hall–Kier alpha value is -1.55. The predicted octanol–water partition coefficient (Wildman–Crippen LogP) is 0.509. The van der Waals surface area contributed by atoms with Gasteiger partial charge in [0.25, 0.3) is 5.91 Å². The molecule has 0 spiro atoms. The van der Waals surface area contributed by atoms with Crippen molar-refractivity contribution in [3.8, 4) is 5.75 Å². The summed E-state index contributed by atoms with van der Waals surface area (Å²) in [6, 6.07) is 7.87. The fourth-order valence-corrected chi connectivity index (χ4v) is 2.40. The van der Waals surface area contributed by atoms with Gasteiger partial charge >= 0.3 is 0 Å². The number of quaternary nitrogens is 1. The van der Waals surface area contributed by atoms with Gasteiger partial charge in [0, 0.05) is 0 Å². The van der Waals surface area contributed by atoms with Gasteiger partial charge in [0.2, 0.25) is 0 Å². The van der Waals surface area contributed by atoms with Crippen LogP contribution in [0, 0.1) is 6.92 Å². The van der Waals surface area contributed by atoms with Gasteiger partial charge in [-0.25, -0.2) is 0 Å². The first-order valence-corrected chi connectivity index (χ1v) is 7.43. The Morgan fingerprint density at radius 2 is 1.90 bits per heavy atom. The topological polar surface area (TPSA) is 34.0 Å². The highest BCUT2D eigenvalue weighted by Gasteiger charge is 2.28. The van der Waals surface area contributed by atoms with Crippen LogP contribution in [0.3, 0.4) is 0 Å². The van der Waals surface area contributed by atoms with E-state index in [-0.39, 0.29) is 12.0 Å². The zero-order valence-electron chi connectivity index (χ0n) is 12.7. The van der Waals surface area contributed by atoms with E-state index in [4.69, 9.17) is 4.74 Å². The monoisotopic (exact) mass is 277 g/mol. The van der Waals surface area contributed by atoms with Crippen LogP contribution in [-0.2, 0) is 4.79 Å². The first-order valence-electron chi connectivity index (χ1n) is 7.43. The largest absolute Gasteiger partial charge is 0.481 e. The molecule has 1 aliphatic rings. The van der Waals surface area contributed by atoms with Gasteiger partial charge in [-0.3, -0.25) is 4.79 Å². The number of nitrogens with one attached hydrogen (secondary N) is 1. The molecular formula is C16H25N2O2+. The predicted molar refractivity (Wildman–Crippen MR) is 79.1 cm³/mol. The van der Waals surface area contributed by atoms with Crippen molar-refractivity contribution in [3.63, 3.8) is 0 Å². The highest BCUT2D eigenvalue weighted by atomic mass is 16.5. The fraction of sp³-hybridized carbons (Fsp3) is 0.562. The minimum atomic E-state index is -0.365. The van der Waals surface area contributed by atoms with Crippen molar-refractivity contribution in [2.45, 2.75) is 26.4 Å². The summed E-state index contributed by atoms with van der Waals surface area (Å²) in [5.41, 5.74) is 1.19. The van der Waals surface area contributed by atoms with E-state index in [9.17, 15) is 4.79 Å². The summed E-state index contributed by atoms with van der Waals surface area (Å²) in [4.78, 5) is 15.9. The Kier molecular flexibility index (Phi) is 5.01. The van der Waals surface area contributed by atoms with Gasteiger partial charge in [-0.05, 0) is 25.5 Å². The number of benzene rings is 1. The number of rotatable bonds is 4. The average molecular weight is 277 g/mol. The molecule has 0 bridgehead atoms. The van der Waals surface area contributed by atoms with Crippen molar-refractivity contribution in [2.24, 2.45) is 0 Å². The standard InChI is InChI=1S/C16H24N2O2/c1-4-15(20-14-7-5-13(2)6-8-14)16(19)18-11-9-17(3)10-12-18/h5-8,15H,4,9-12H2,1-3H3/p+1/t15-/m1/s1. The van der Waals surface area contributed by atoms with Gasteiger partial charge in [-0.15, -0.1) is 0 Å². The lowest BCUT2D eigenvalue weighted by Gasteiger charge is -2.32. The van der Waals surface area contributed by atoms with Crippen LogP contribution in [-0.4, -0.2) is 50.1 Å². The smallest absolute Gasteiger partial charge is 0.264 e. The van der Waals surface area contributed by atoms with E-state index in [0.717, 1.165) is 31.9 Å². The summed E-state index contributed by atoms with van der Waals surface area (Å²) in [6.07, 6.45) is 0.336. The van der Waals surface area contributed by atoms with Gasteiger partial charge < -0.3 is 14.5 Å². The fourth-order valence-electron chi connectivity index (χ4n) is 2.40. The number of hydrogen-bond acceptors (Lipinski definition) is 2. The van der Waals surface area contributed by atoms with Crippen molar-refractivity contribution in [3.05, 3.63) is 29.8 Å². The van der Waals surface area contributed by atoms with Crippen LogP contribution in [0.1, 0.15) is 18.9 Å². The molecule has 1 aromatic carbocycles. The summed E-state index contributed by atoms with van der Waals surface area (Å²) in [6.45, 7) is 7.74. The summed E-state index contributed by atoms with van der Waals surface area (Å²) >= 11 is 0. The van der Waals surface area contributed by atoms with Crippen LogP contribution in [0.2, 0.25) is 0 Å². The summed E-state index contributed by atoms with van der Waals surface area (Å²) < 4.78 is 5.86. The minimum Gasteiger partial charge on any atom is -0.481 e. The van der Waals surface area contributed by atoms with Crippen molar-refractivity contribution in [1.29, 1.82) is 0 Å². The molecule has 4 nitrogen and oxygen atoms in total. The van der Waals surface area contributed by atoms with E-state index >= 15 is 0 Å². The highest BCUT2D eigenvalue weighted by molar-refractivity contribution is 5.81. The molecule has 2 rings (SSSR count). The van der Waals surface area contributed by atoms with Crippen molar-refractivity contribution >= 4 is 5.91 Å². The first-order chi connectivity index (χ1) is 9.60. The number of aryl methyl sites for hydroxylation is 1. The Morgan fingerprint density at radius 3 is 2.45 bits per heavy atom. The molecule has 1 amide bonds. The molecule has 0 radical (unpaired) electrons. The summed E-state index contributed by atoms with van der Waals surface area (Å²) in [7, 11) is 2.17. The average Bonchev–Trinajstić information content (AvgIpc) is 2.47. The van der Waals surface area contributed by atoms with Crippen molar-refractivity contribution in [2.75, 3.05) is 33.2 Å². The molecule has 4 heteroatoms. The third-order valence-electron chi connectivity index (χ3n) is 3.87. The quantitative estimate of drug-likeness (QED) is 0.870. The van der Waals surface area contributed by atoms with E-state index in [1.165, 1.54) is 10.5 Å². The summed E-state index contributed by atoms with van der Waals surface area (Å²) in [5.74, 6) is 0.899. The van der Waals surface area contributed by atoms with Gasteiger partial charge in [-0.2, -0.15) is 0 Å². The van der Waals surface area contributed by atoms with Crippen LogP contribution >= 0.6 is 0 Å². The second kappa shape index (κ2) is 6.75. The molecule has 1 heterocycles. The molecule has 1 aromatic rings. The van der Waals surface area contributed by atoms with E-state index in [0.29, 0.717) is 6.42 Å². The van der Waals surface area contributed by atoms with Crippen LogP contribution in [0.15, 0.2) is 24.3 Å². The lowest BCUT2D eigenvalue weighted by atomic mass is 10.2. The van der Waals surface area contributed by atoms with Crippen LogP contribution in [0.4, 0.5) is 0 Å². The molecule has 1 atom stereocenters. The number of amides is 1. The highest BCUT2D eigenvalue weighted by Crippen LogP contribution is 2.16. The molecule has 0 saturated carbocycles. The molecule has 20 heavy (non-hydrogen) atoms. The SMILES string of the molecule is CC[C@@H](Oc1ccc(C)cc1)C(=O)N1CC[NH+](C)CC1. The van der Waals surface area contributed by atoms with Crippen molar-refractivity contribution in [1.82, 2.24) is 4.90 Å². The third-order valence-corrected chi connectivity index (χ3v) is 3.87. The number of nitrogens with zero attached hydrogens (tertiary/aromatic N) is 1. The van der Waals surface area contributed by atoms with Gasteiger partial charge in [0.15, 0.2) is 6.10 Å². The molecule has 0 unspecified atom stereocenters. The van der Waals surface area contributed by atoms with E-state index in [2.05, 4.69) is 7.05 Å². The number of ether oxygens (including phenoxy) is 1. The van der Waals surface area contributed by atoms with Gasteiger partial charge in [-0.1, -0.05) is 24.6 Å². The molecule has 1 N–H and O–H groups in total. The molecule has 1 fully saturated rings. The van der Waals surface area contributed by atoms with Crippen LogP contribution < -0.4 is 9.64 Å².